The van der Waals surface area contributed by atoms with Gasteiger partial charge in [-0.05, 0) is 65.7 Å². The molecule has 0 saturated carbocycles. The molecule has 0 aliphatic heterocycles. The predicted octanol–water partition coefficient (Wildman–Crippen LogP) is 5.17. The first-order valence-corrected chi connectivity index (χ1v) is 11.4. The number of benzene rings is 4. The molecule has 188 valence electrons. The van der Waals surface area contributed by atoms with Gasteiger partial charge in [0.25, 0.3) is 11.6 Å². The second kappa shape index (κ2) is 11.7. The van der Waals surface area contributed by atoms with Gasteiger partial charge >= 0.3 is 0 Å². The number of aryl methyl sites for hydroxylation is 1. The Morgan fingerprint density at radius 2 is 1.73 bits per heavy atom. The van der Waals surface area contributed by atoms with E-state index in [0.29, 0.717) is 22.8 Å². The highest BCUT2D eigenvalue weighted by atomic mass is 16.6. The molecule has 0 heterocycles. The Bertz CT molecular complexity index is 1470. The number of hydrazone groups is 1. The highest BCUT2D eigenvalue weighted by molar-refractivity contribution is 5.85. The Morgan fingerprint density at radius 1 is 0.973 bits per heavy atom. The zero-order chi connectivity index (χ0) is 26.2. The van der Waals surface area contributed by atoms with Gasteiger partial charge in [-0.1, -0.05) is 30.3 Å². The average Bonchev–Trinajstić information content (AvgIpc) is 2.90. The Kier molecular flexibility index (Phi) is 7.95. The second-order valence-corrected chi connectivity index (χ2v) is 8.16. The van der Waals surface area contributed by atoms with E-state index in [1.54, 1.807) is 38.3 Å². The van der Waals surface area contributed by atoms with Crippen LogP contribution in [0.4, 0.5) is 5.69 Å². The number of carbonyl (C=O) groups excluding carboxylic acids is 1. The summed E-state index contributed by atoms with van der Waals surface area (Å²) < 4.78 is 16.8. The van der Waals surface area contributed by atoms with Gasteiger partial charge in [-0.3, -0.25) is 14.9 Å². The van der Waals surface area contributed by atoms with Crippen molar-refractivity contribution in [1.82, 2.24) is 5.43 Å². The molecule has 4 aromatic rings. The normalized spacial score (nSPS) is 10.9. The van der Waals surface area contributed by atoms with Crippen LogP contribution in [0.1, 0.15) is 16.7 Å². The molecule has 0 aliphatic rings. The molecule has 0 spiro atoms. The monoisotopic (exact) mass is 499 g/mol. The maximum atomic E-state index is 12.2. The van der Waals surface area contributed by atoms with E-state index in [1.807, 2.05) is 48.5 Å². The lowest BCUT2D eigenvalue weighted by Crippen LogP contribution is -2.24. The summed E-state index contributed by atoms with van der Waals surface area (Å²) in [6, 6.07) is 23.5. The van der Waals surface area contributed by atoms with Crippen molar-refractivity contribution in [2.24, 2.45) is 5.10 Å². The molecule has 0 atom stereocenters. The van der Waals surface area contributed by atoms with Crippen molar-refractivity contribution in [2.75, 3.05) is 13.7 Å². The number of methoxy groups -OCH3 is 1. The standard InChI is InChI=1S/C28H25N3O6/c1-19-13-24(10-11-26(19)31(33)34)36-17-23-14-20(7-12-27(23)35-2)16-29-30-28(32)18-37-25-9-8-21-5-3-4-6-22(21)15-25/h3-16H,17-18H2,1-2H3,(H,30,32)/b29-16-. The van der Waals surface area contributed by atoms with Gasteiger partial charge in [0.2, 0.25) is 0 Å². The van der Waals surface area contributed by atoms with Gasteiger partial charge in [-0.15, -0.1) is 0 Å². The van der Waals surface area contributed by atoms with Crippen molar-refractivity contribution in [2.45, 2.75) is 13.5 Å². The SMILES string of the molecule is COc1ccc(/C=N\NC(=O)COc2ccc3ccccc3c2)cc1COc1ccc([N+](=O)[O-])c(C)c1. The fourth-order valence-corrected chi connectivity index (χ4v) is 3.69. The summed E-state index contributed by atoms with van der Waals surface area (Å²) in [5, 5.41) is 17.1. The van der Waals surface area contributed by atoms with Gasteiger partial charge in [-0.2, -0.15) is 5.10 Å². The van der Waals surface area contributed by atoms with Crippen LogP contribution in [0, 0.1) is 17.0 Å². The maximum Gasteiger partial charge on any atom is 0.277 e. The van der Waals surface area contributed by atoms with Crippen molar-refractivity contribution in [3.05, 3.63) is 106 Å². The Morgan fingerprint density at radius 3 is 2.49 bits per heavy atom. The molecular formula is C28H25N3O6. The number of nitro groups is 1. The van der Waals surface area contributed by atoms with Crippen LogP contribution in [0.2, 0.25) is 0 Å². The summed E-state index contributed by atoms with van der Waals surface area (Å²) in [6.45, 7) is 1.66. The van der Waals surface area contributed by atoms with Gasteiger partial charge in [0.15, 0.2) is 6.61 Å². The topological polar surface area (TPSA) is 112 Å². The number of hydrogen-bond acceptors (Lipinski definition) is 7. The summed E-state index contributed by atoms with van der Waals surface area (Å²) >= 11 is 0. The highest BCUT2D eigenvalue weighted by Gasteiger charge is 2.12. The van der Waals surface area contributed by atoms with Crippen LogP contribution >= 0.6 is 0 Å². The van der Waals surface area contributed by atoms with Gasteiger partial charge in [-0.25, -0.2) is 5.43 Å². The Balaban J connectivity index is 1.33. The van der Waals surface area contributed by atoms with Crippen molar-refractivity contribution < 1.29 is 23.9 Å². The lowest BCUT2D eigenvalue weighted by atomic mass is 10.1. The first-order chi connectivity index (χ1) is 17.9. The molecule has 4 aromatic carbocycles. The molecule has 0 aromatic heterocycles. The quantitative estimate of drug-likeness (QED) is 0.183. The Hall–Kier alpha value is -4.92. The number of nitrogens with zero attached hydrogens (tertiary/aromatic N) is 2. The average molecular weight is 500 g/mol. The smallest absolute Gasteiger partial charge is 0.277 e. The fraction of sp³-hybridized carbons (Fsp3) is 0.143. The van der Waals surface area contributed by atoms with Crippen molar-refractivity contribution in [3.63, 3.8) is 0 Å². The minimum Gasteiger partial charge on any atom is -0.496 e. The van der Waals surface area contributed by atoms with E-state index in [4.69, 9.17) is 14.2 Å². The summed E-state index contributed by atoms with van der Waals surface area (Å²) in [7, 11) is 1.55. The van der Waals surface area contributed by atoms with Crippen LogP contribution in [0.25, 0.3) is 10.8 Å². The zero-order valence-electron chi connectivity index (χ0n) is 20.3. The lowest BCUT2D eigenvalue weighted by Gasteiger charge is -2.11. The van der Waals surface area contributed by atoms with E-state index in [0.717, 1.165) is 21.9 Å². The van der Waals surface area contributed by atoms with E-state index >= 15 is 0 Å². The van der Waals surface area contributed by atoms with Crippen molar-refractivity contribution in [1.29, 1.82) is 0 Å². The van der Waals surface area contributed by atoms with Gasteiger partial charge in [0.1, 0.15) is 23.9 Å². The van der Waals surface area contributed by atoms with Crippen molar-refractivity contribution >= 4 is 28.6 Å². The number of hydrogen-bond donors (Lipinski definition) is 1. The number of rotatable bonds is 10. The number of ether oxygens (including phenoxy) is 3. The molecule has 1 amide bonds. The van der Waals surface area contributed by atoms with Gasteiger partial charge in [0, 0.05) is 17.2 Å². The third-order valence-corrected chi connectivity index (χ3v) is 5.56. The van der Waals surface area contributed by atoms with E-state index in [9.17, 15) is 14.9 Å². The number of fused-ring (bicyclic) bond motifs is 1. The van der Waals surface area contributed by atoms with Crippen LogP contribution in [-0.2, 0) is 11.4 Å². The fourth-order valence-electron chi connectivity index (χ4n) is 3.69. The summed E-state index contributed by atoms with van der Waals surface area (Å²) in [5.74, 6) is 1.32. The third-order valence-electron chi connectivity index (χ3n) is 5.56. The predicted molar refractivity (Wildman–Crippen MR) is 140 cm³/mol. The third kappa shape index (κ3) is 6.61. The molecule has 0 radical (unpaired) electrons. The Labute approximate surface area is 213 Å². The largest absolute Gasteiger partial charge is 0.496 e. The lowest BCUT2D eigenvalue weighted by molar-refractivity contribution is -0.385. The van der Waals surface area contributed by atoms with E-state index < -0.39 is 10.8 Å². The van der Waals surface area contributed by atoms with Gasteiger partial charge < -0.3 is 14.2 Å². The minimum absolute atomic E-state index is 0.0350. The van der Waals surface area contributed by atoms with Crippen LogP contribution in [0.5, 0.6) is 17.2 Å². The van der Waals surface area contributed by atoms with Crippen LogP contribution in [0.3, 0.4) is 0 Å². The molecule has 9 heteroatoms. The minimum atomic E-state index is -0.431. The number of nitro benzene ring substituents is 1. The first-order valence-electron chi connectivity index (χ1n) is 11.4. The molecule has 0 bridgehead atoms. The molecule has 0 saturated heterocycles. The summed E-state index contributed by atoms with van der Waals surface area (Å²) in [4.78, 5) is 22.7. The van der Waals surface area contributed by atoms with Crippen molar-refractivity contribution in [3.8, 4) is 17.2 Å². The molecule has 4 rings (SSSR count). The second-order valence-electron chi connectivity index (χ2n) is 8.16. The zero-order valence-corrected chi connectivity index (χ0v) is 20.3. The molecule has 0 unspecified atom stereocenters. The molecule has 1 N–H and O–H groups in total. The van der Waals surface area contributed by atoms with E-state index in [1.165, 1.54) is 12.3 Å². The van der Waals surface area contributed by atoms with Crippen LogP contribution in [0.15, 0.2) is 84.0 Å². The summed E-state index contributed by atoms with van der Waals surface area (Å²) in [6.07, 6.45) is 1.51. The first kappa shape index (κ1) is 25.2. The molecule has 9 nitrogen and oxygen atoms in total. The molecule has 37 heavy (non-hydrogen) atoms. The van der Waals surface area contributed by atoms with Gasteiger partial charge in [0.05, 0.1) is 18.2 Å². The highest BCUT2D eigenvalue weighted by Crippen LogP contribution is 2.26. The number of nitrogens with one attached hydrogen (secondary N) is 1. The maximum absolute atomic E-state index is 12.2. The molecular weight excluding hydrogens is 474 g/mol. The number of carbonyl (C=O) groups is 1. The van der Waals surface area contributed by atoms with E-state index in [-0.39, 0.29) is 18.9 Å². The van der Waals surface area contributed by atoms with Crippen LogP contribution in [-0.4, -0.2) is 30.8 Å². The molecule has 0 aliphatic carbocycles. The van der Waals surface area contributed by atoms with E-state index in [2.05, 4.69) is 10.5 Å². The van der Waals surface area contributed by atoms with Crippen LogP contribution < -0.4 is 19.6 Å². The molecule has 0 fully saturated rings. The summed E-state index contributed by atoms with van der Waals surface area (Å²) in [5.41, 5.74) is 4.46. The number of amides is 1.